The number of carboxylic acid groups (broad SMARTS) is 1. The minimum atomic E-state index is -0.588. The first kappa shape index (κ1) is 11.5. The van der Waals surface area contributed by atoms with Crippen molar-refractivity contribution in [3.05, 3.63) is 0 Å². The van der Waals surface area contributed by atoms with E-state index >= 15 is 0 Å². The summed E-state index contributed by atoms with van der Waals surface area (Å²) in [6.07, 6.45) is 4.47. The largest absolute Gasteiger partial charge is 0.481 e. The van der Waals surface area contributed by atoms with Gasteiger partial charge in [0.2, 0.25) is 0 Å². The highest BCUT2D eigenvalue weighted by atomic mass is 16.4. The van der Waals surface area contributed by atoms with Gasteiger partial charge in [-0.15, -0.1) is 0 Å². The lowest BCUT2D eigenvalue weighted by Gasteiger charge is -2.27. The molecule has 0 aromatic carbocycles. The van der Waals surface area contributed by atoms with E-state index in [1.165, 1.54) is 0 Å². The second kappa shape index (κ2) is 4.78. The smallest absolute Gasteiger partial charge is 0.309 e. The molecule has 0 saturated carbocycles. The lowest BCUT2D eigenvalue weighted by molar-refractivity contribution is -0.150. The van der Waals surface area contributed by atoms with Gasteiger partial charge >= 0.3 is 5.97 Å². The Morgan fingerprint density at radius 2 is 2.14 bits per heavy atom. The second-order valence-electron chi connectivity index (χ2n) is 4.49. The summed E-state index contributed by atoms with van der Waals surface area (Å²) in [6, 6.07) is 0. The maximum absolute atomic E-state index is 11.3. The number of likely N-dealkylation sites (tertiary alicyclic amines) is 1. The number of rotatable bonds is 3. The molecule has 3 nitrogen and oxygen atoms in total. The summed E-state index contributed by atoms with van der Waals surface area (Å²) in [7, 11) is 2.07. The van der Waals surface area contributed by atoms with Crippen LogP contribution < -0.4 is 0 Å². The number of carbonyl (C=O) groups is 1. The van der Waals surface area contributed by atoms with Gasteiger partial charge in [0.05, 0.1) is 5.41 Å². The van der Waals surface area contributed by atoms with Crippen LogP contribution in [0, 0.1) is 5.41 Å². The fraction of sp³-hybridized carbons (Fsp3) is 0.909. The van der Waals surface area contributed by atoms with E-state index in [9.17, 15) is 9.90 Å². The molecule has 0 bridgehead atoms. The van der Waals surface area contributed by atoms with Crippen LogP contribution in [0.2, 0.25) is 0 Å². The van der Waals surface area contributed by atoms with Gasteiger partial charge in [0.25, 0.3) is 0 Å². The topological polar surface area (TPSA) is 40.5 Å². The van der Waals surface area contributed by atoms with E-state index in [2.05, 4.69) is 18.9 Å². The van der Waals surface area contributed by atoms with Gasteiger partial charge in [0.1, 0.15) is 0 Å². The standard InChI is InChI=1S/C11H21NO2/c1-3-5-11(10(13)14)6-4-8-12(2)9-7-11/h3-9H2,1-2H3,(H,13,14). The molecule has 1 aliphatic heterocycles. The van der Waals surface area contributed by atoms with Crippen molar-refractivity contribution in [2.45, 2.75) is 39.0 Å². The Balaban J connectivity index is 2.70. The molecule has 1 atom stereocenters. The van der Waals surface area contributed by atoms with Crippen molar-refractivity contribution in [2.75, 3.05) is 20.1 Å². The summed E-state index contributed by atoms with van der Waals surface area (Å²) < 4.78 is 0. The maximum Gasteiger partial charge on any atom is 0.309 e. The van der Waals surface area contributed by atoms with Crippen LogP contribution in [-0.4, -0.2) is 36.1 Å². The first-order valence-electron chi connectivity index (χ1n) is 5.53. The molecule has 1 unspecified atom stereocenters. The zero-order chi connectivity index (χ0) is 10.6. The van der Waals surface area contributed by atoms with Crippen LogP contribution in [0.15, 0.2) is 0 Å². The summed E-state index contributed by atoms with van der Waals surface area (Å²) >= 11 is 0. The van der Waals surface area contributed by atoms with Crippen molar-refractivity contribution in [1.29, 1.82) is 0 Å². The summed E-state index contributed by atoms with van der Waals surface area (Å²) in [6.45, 7) is 4.03. The number of hydrogen-bond acceptors (Lipinski definition) is 2. The molecule has 1 aliphatic rings. The Labute approximate surface area is 86.1 Å². The van der Waals surface area contributed by atoms with Crippen LogP contribution in [0.25, 0.3) is 0 Å². The lowest BCUT2D eigenvalue weighted by atomic mass is 9.77. The van der Waals surface area contributed by atoms with Crippen LogP contribution in [-0.2, 0) is 4.79 Å². The number of nitrogens with zero attached hydrogens (tertiary/aromatic N) is 1. The Bertz CT molecular complexity index is 205. The fourth-order valence-corrected chi connectivity index (χ4v) is 2.38. The predicted molar refractivity (Wildman–Crippen MR) is 56.3 cm³/mol. The van der Waals surface area contributed by atoms with Crippen molar-refractivity contribution in [3.8, 4) is 0 Å². The molecule has 0 amide bonds. The normalized spacial score (nSPS) is 29.9. The van der Waals surface area contributed by atoms with E-state index in [1.807, 2.05) is 0 Å². The number of hydrogen-bond donors (Lipinski definition) is 1. The van der Waals surface area contributed by atoms with E-state index in [4.69, 9.17) is 0 Å². The maximum atomic E-state index is 11.3. The molecule has 3 heteroatoms. The summed E-state index contributed by atoms with van der Waals surface area (Å²) in [5, 5.41) is 9.31. The van der Waals surface area contributed by atoms with Crippen LogP contribution >= 0.6 is 0 Å². The molecule has 1 saturated heterocycles. The third-order valence-electron chi connectivity index (χ3n) is 3.35. The van der Waals surface area contributed by atoms with E-state index < -0.39 is 11.4 Å². The van der Waals surface area contributed by atoms with Crippen LogP contribution in [0.3, 0.4) is 0 Å². The van der Waals surface area contributed by atoms with Crippen LogP contribution in [0.5, 0.6) is 0 Å². The minimum absolute atomic E-state index is 0.431. The Morgan fingerprint density at radius 1 is 1.43 bits per heavy atom. The van der Waals surface area contributed by atoms with Gasteiger partial charge in [-0.3, -0.25) is 4.79 Å². The molecule has 0 spiro atoms. The fourth-order valence-electron chi connectivity index (χ4n) is 2.38. The van der Waals surface area contributed by atoms with Gasteiger partial charge in [0, 0.05) is 0 Å². The Morgan fingerprint density at radius 3 is 2.71 bits per heavy atom. The second-order valence-corrected chi connectivity index (χ2v) is 4.49. The average molecular weight is 199 g/mol. The summed E-state index contributed by atoms with van der Waals surface area (Å²) in [5.74, 6) is -0.588. The van der Waals surface area contributed by atoms with Gasteiger partial charge in [0.15, 0.2) is 0 Å². The lowest BCUT2D eigenvalue weighted by Crippen LogP contribution is -2.32. The highest BCUT2D eigenvalue weighted by Crippen LogP contribution is 2.36. The quantitative estimate of drug-likeness (QED) is 0.755. The molecule has 0 aromatic rings. The number of carboxylic acids is 1. The molecule has 14 heavy (non-hydrogen) atoms. The van der Waals surface area contributed by atoms with E-state index in [-0.39, 0.29) is 0 Å². The van der Waals surface area contributed by atoms with Crippen molar-refractivity contribution in [2.24, 2.45) is 5.41 Å². The van der Waals surface area contributed by atoms with Crippen molar-refractivity contribution >= 4 is 5.97 Å². The first-order valence-corrected chi connectivity index (χ1v) is 5.53. The molecular weight excluding hydrogens is 178 g/mol. The van der Waals surface area contributed by atoms with Crippen LogP contribution in [0.1, 0.15) is 39.0 Å². The average Bonchev–Trinajstić information content (AvgIpc) is 2.30. The molecule has 0 aromatic heterocycles. The highest BCUT2D eigenvalue weighted by Gasteiger charge is 2.38. The van der Waals surface area contributed by atoms with Gasteiger partial charge < -0.3 is 10.0 Å². The van der Waals surface area contributed by atoms with Gasteiger partial charge in [-0.25, -0.2) is 0 Å². The molecule has 82 valence electrons. The van der Waals surface area contributed by atoms with Crippen molar-refractivity contribution < 1.29 is 9.90 Å². The van der Waals surface area contributed by atoms with Crippen molar-refractivity contribution in [3.63, 3.8) is 0 Å². The molecule has 1 rings (SSSR count). The zero-order valence-corrected chi connectivity index (χ0v) is 9.25. The van der Waals surface area contributed by atoms with Crippen LogP contribution in [0.4, 0.5) is 0 Å². The third-order valence-corrected chi connectivity index (χ3v) is 3.35. The van der Waals surface area contributed by atoms with Gasteiger partial charge in [-0.05, 0) is 45.8 Å². The first-order chi connectivity index (χ1) is 6.60. The number of aliphatic carboxylic acids is 1. The Kier molecular flexibility index (Phi) is 3.93. The monoisotopic (exact) mass is 199 g/mol. The summed E-state index contributed by atoms with van der Waals surface area (Å²) in [5.41, 5.74) is -0.431. The molecule has 0 radical (unpaired) electrons. The summed E-state index contributed by atoms with van der Waals surface area (Å²) in [4.78, 5) is 13.5. The molecule has 0 aliphatic carbocycles. The third kappa shape index (κ3) is 2.47. The minimum Gasteiger partial charge on any atom is -0.481 e. The van der Waals surface area contributed by atoms with E-state index in [1.54, 1.807) is 0 Å². The van der Waals surface area contributed by atoms with E-state index in [0.29, 0.717) is 0 Å². The van der Waals surface area contributed by atoms with Crippen molar-refractivity contribution in [1.82, 2.24) is 4.90 Å². The molecular formula is C11H21NO2. The molecule has 1 N–H and O–H groups in total. The van der Waals surface area contributed by atoms with Gasteiger partial charge in [-0.2, -0.15) is 0 Å². The molecule has 1 fully saturated rings. The highest BCUT2D eigenvalue weighted by molar-refractivity contribution is 5.74. The zero-order valence-electron chi connectivity index (χ0n) is 9.25. The molecule has 1 heterocycles. The Hall–Kier alpha value is -0.570. The SMILES string of the molecule is CCCC1(C(=O)O)CCCN(C)CC1. The predicted octanol–water partition coefficient (Wildman–Crippen LogP) is 1.97. The van der Waals surface area contributed by atoms with Gasteiger partial charge in [-0.1, -0.05) is 13.3 Å². The van der Waals surface area contributed by atoms with E-state index in [0.717, 1.165) is 45.2 Å².